The van der Waals surface area contributed by atoms with Gasteiger partial charge in [-0.15, -0.1) is 0 Å². The van der Waals surface area contributed by atoms with Crippen molar-refractivity contribution in [3.63, 3.8) is 0 Å². The van der Waals surface area contributed by atoms with Gasteiger partial charge in [0.15, 0.2) is 0 Å². The minimum absolute atomic E-state index is 0.746. The number of rotatable bonds is 0. The van der Waals surface area contributed by atoms with E-state index in [9.17, 15) is 0 Å². The SMILES string of the molecule is Nc1cc[c]([Hg])cc1. The van der Waals surface area contributed by atoms with Gasteiger partial charge in [0, 0.05) is 0 Å². The van der Waals surface area contributed by atoms with E-state index in [0.29, 0.717) is 0 Å². The molecular weight excluding hydrogens is 287 g/mol. The molecule has 0 amide bonds. The van der Waals surface area contributed by atoms with Gasteiger partial charge < -0.3 is 0 Å². The van der Waals surface area contributed by atoms with E-state index >= 15 is 0 Å². The first-order valence-corrected chi connectivity index (χ1v) is 5.21. The second-order valence-corrected chi connectivity index (χ2v) is 4.92. The number of nitrogens with two attached hydrogens (primary N) is 1. The first-order valence-electron chi connectivity index (χ1n) is 2.46. The van der Waals surface area contributed by atoms with Crippen molar-refractivity contribution in [1.82, 2.24) is 0 Å². The molecule has 1 nitrogen and oxygen atoms in total. The average Bonchev–Trinajstić information content (AvgIpc) is 1.77. The molecule has 0 spiro atoms. The van der Waals surface area contributed by atoms with Gasteiger partial charge in [0.25, 0.3) is 0 Å². The molecule has 0 unspecified atom stereocenters. The molecule has 0 atom stereocenters. The van der Waals surface area contributed by atoms with Crippen LogP contribution in [0.3, 0.4) is 0 Å². The van der Waals surface area contributed by atoms with Crippen LogP contribution in [-0.4, -0.2) is 0 Å². The molecule has 0 aliphatic heterocycles. The summed E-state index contributed by atoms with van der Waals surface area (Å²) in [5, 5.41) is 0. The molecule has 37 valence electrons. The molecule has 2 N–H and O–H groups in total. The number of anilines is 1. The van der Waals surface area contributed by atoms with Crippen LogP contribution in [0.2, 0.25) is 0 Å². The molecule has 0 saturated carbocycles. The van der Waals surface area contributed by atoms with E-state index in [2.05, 4.69) is 12.1 Å². The van der Waals surface area contributed by atoms with E-state index in [1.807, 2.05) is 12.1 Å². The molecule has 2 heteroatoms. The minimum atomic E-state index is 0.746. The van der Waals surface area contributed by atoms with Gasteiger partial charge in [0.05, 0.1) is 0 Å². The third kappa shape index (κ3) is 1.48. The van der Waals surface area contributed by atoms with E-state index in [4.69, 9.17) is 5.73 Å². The summed E-state index contributed by atoms with van der Waals surface area (Å²) in [4.78, 5) is 0. The third-order valence-corrected chi connectivity index (χ3v) is 2.81. The van der Waals surface area contributed by atoms with Crippen molar-refractivity contribution >= 4 is 8.76 Å². The van der Waals surface area contributed by atoms with Crippen molar-refractivity contribution in [1.29, 1.82) is 0 Å². The Morgan fingerprint density at radius 3 is 2.00 bits per heavy atom. The summed E-state index contributed by atoms with van der Waals surface area (Å²) in [5.41, 5.74) is 6.31. The summed E-state index contributed by atoms with van der Waals surface area (Å²) in [6.45, 7) is 0. The Bertz CT molecular complexity index is 147. The van der Waals surface area contributed by atoms with Gasteiger partial charge in [-0.2, -0.15) is 0 Å². The fourth-order valence-corrected chi connectivity index (χ4v) is 1.43. The van der Waals surface area contributed by atoms with Gasteiger partial charge in [0.1, 0.15) is 0 Å². The summed E-state index contributed by atoms with van der Waals surface area (Å²) in [7, 11) is 0. The zero-order chi connectivity index (χ0) is 5.98. The normalized spacial score (nSPS) is 9.25. The van der Waals surface area contributed by atoms with Crippen molar-refractivity contribution in [2.45, 2.75) is 0 Å². The van der Waals surface area contributed by atoms with Gasteiger partial charge in [-0.3, -0.25) is 0 Å². The number of hydrogen-bond acceptors (Lipinski definition) is 1. The van der Waals surface area contributed by atoms with Crippen molar-refractivity contribution in [2.75, 3.05) is 5.73 Å². The summed E-state index contributed by atoms with van der Waals surface area (Å²) in [6, 6.07) is 8.06. The predicted molar refractivity (Wildman–Crippen MR) is 30.5 cm³/mol. The Morgan fingerprint density at radius 2 is 1.62 bits per heavy atom. The molecule has 0 bridgehead atoms. The fraction of sp³-hybridized carbons (Fsp3) is 0. The van der Waals surface area contributed by atoms with Crippen LogP contribution in [0.25, 0.3) is 0 Å². The zero-order valence-electron chi connectivity index (χ0n) is 4.59. The quantitative estimate of drug-likeness (QED) is 0.545. The van der Waals surface area contributed by atoms with Gasteiger partial charge in [-0.25, -0.2) is 0 Å². The van der Waals surface area contributed by atoms with Crippen LogP contribution >= 0.6 is 0 Å². The Kier molecular flexibility index (Phi) is 1.89. The average molecular weight is 293 g/mol. The van der Waals surface area contributed by atoms with Crippen molar-refractivity contribution in [2.24, 2.45) is 0 Å². The van der Waals surface area contributed by atoms with Crippen LogP contribution in [0, 0.1) is 0 Å². The molecule has 0 radical (unpaired) electrons. The van der Waals surface area contributed by atoms with E-state index < -0.39 is 0 Å². The van der Waals surface area contributed by atoms with Crippen LogP contribution in [0.4, 0.5) is 5.69 Å². The maximum atomic E-state index is 5.45. The molecule has 0 aliphatic rings. The number of benzene rings is 1. The van der Waals surface area contributed by atoms with E-state index in [1.54, 1.807) is 0 Å². The van der Waals surface area contributed by atoms with Crippen LogP contribution in [0.15, 0.2) is 24.3 Å². The van der Waals surface area contributed by atoms with Gasteiger partial charge in [-0.1, -0.05) is 0 Å². The Morgan fingerprint density at radius 1 is 1.12 bits per heavy atom. The molecule has 0 heterocycles. The van der Waals surface area contributed by atoms with E-state index in [1.165, 1.54) is 3.07 Å². The van der Waals surface area contributed by atoms with Crippen molar-refractivity contribution in [3.8, 4) is 0 Å². The summed E-state index contributed by atoms with van der Waals surface area (Å²) < 4.78 is 1.44. The molecule has 1 aromatic rings. The first-order chi connectivity index (χ1) is 3.79. The van der Waals surface area contributed by atoms with Crippen molar-refractivity contribution < 1.29 is 26.1 Å². The Hall–Kier alpha value is -0.0449. The molecule has 0 fully saturated rings. The monoisotopic (exact) mass is 294 g/mol. The van der Waals surface area contributed by atoms with Gasteiger partial charge in [-0.05, 0) is 0 Å². The molecule has 1 rings (SSSR count). The molecule has 8 heavy (non-hydrogen) atoms. The standard InChI is InChI=1S/C6H6N.Hg/c7-6-4-2-1-3-5-6;/h2-5H,7H2;. The third-order valence-electron chi connectivity index (χ3n) is 0.980. The van der Waals surface area contributed by atoms with Gasteiger partial charge >= 0.3 is 64.9 Å². The molecule has 1 aromatic carbocycles. The van der Waals surface area contributed by atoms with Crippen LogP contribution < -0.4 is 8.81 Å². The predicted octanol–water partition coefficient (Wildman–Crippen LogP) is 0.441. The molecule has 0 saturated heterocycles. The second-order valence-electron chi connectivity index (χ2n) is 1.74. The van der Waals surface area contributed by atoms with E-state index in [0.717, 1.165) is 31.8 Å². The zero-order valence-corrected chi connectivity index (χ0v) is 10.1. The molecule has 0 aromatic heterocycles. The Balaban J connectivity index is 3.03. The van der Waals surface area contributed by atoms with Crippen LogP contribution in [0.5, 0.6) is 0 Å². The van der Waals surface area contributed by atoms with E-state index in [-0.39, 0.29) is 0 Å². The Labute approximate surface area is 64.9 Å². The molecule has 0 aliphatic carbocycles. The second kappa shape index (κ2) is 2.49. The van der Waals surface area contributed by atoms with Crippen LogP contribution in [0.1, 0.15) is 0 Å². The molecular formula is C6H6HgN. The summed E-state index contributed by atoms with van der Waals surface area (Å²) in [5.74, 6) is 0. The fourth-order valence-electron chi connectivity index (χ4n) is 0.518. The maximum absolute atomic E-state index is 5.45. The van der Waals surface area contributed by atoms with Crippen LogP contribution in [-0.2, 0) is 26.1 Å². The first kappa shape index (κ1) is 6.08. The number of hydrogen-bond donors (Lipinski definition) is 1. The topological polar surface area (TPSA) is 26.0 Å². The number of nitrogen functional groups attached to an aromatic ring is 1. The summed E-state index contributed by atoms with van der Waals surface area (Å²) >= 11 is 0.746. The van der Waals surface area contributed by atoms with Gasteiger partial charge in [0.2, 0.25) is 0 Å². The summed E-state index contributed by atoms with van der Waals surface area (Å²) in [6.07, 6.45) is 0. The van der Waals surface area contributed by atoms with Crippen molar-refractivity contribution in [3.05, 3.63) is 24.3 Å².